The van der Waals surface area contributed by atoms with Crippen molar-refractivity contribution in [1.29, 1.82) is 0 Å². The molecular weight excluding hydrogens is 252 g/mol. The summed E-state index contributed by atoms with van der Waals surface area (Å²) in [5.74, 6) is 0.683. The maximum absolute atomic E-state index is 3.87. The molecule has 0 amide bonds. The third-order valence-corrected chi connectivity index (χ3v) is 4.68. The molecule has 3 rings (SSSR count). The molecule has 0 saturated carbocycles. The monoisotopic (exact) mass is 276 g/mol. The fourth-order valence-corrected chi connectivity index (χ4v) is 3.43. The van der Waals surface area contributed by atoms with Gasteiger partial charge in [-0.25, -0.2) is 0 Å². The number of hydrogen-bond donors (Lipinski definition) is 0. The molecule has 2 aromatic carbocycles. The molecule has 1 unspecified atom stereocenters. The summed E-state index contributed by atoms with van der Waals surface area (Å²) in [5.41, 5.74) is 7.26. The second kappa shape index (κ2) is 6.30. The minimum atomic E-state index is 0.683. The summed E-state index contributed by atoms with van der Waals surface area (Å²) < 4.78 is 0. The molecule has 0 heteroatoms. The van der Waals surface area contributed by atoms with Gasteiger partial charge in [0.15, 0.2) is 0 Å². The van der Waals surface area contributed by atoms with E-state index in [1.807, 2.05) is 6.08 Å². The summed E-state index contributed by atoms with van der Waals surface area (Å²) in [6, 6.07) is 16.1. The fraction of sp³-hybridized carbons (Fsp3) is 0.333. The van der Waals surface area contributed by atoms with Gasteiger partial charge in [-0.05, 0) is 59.4 Å². The summed E-state index contributed by atoms with van der Waals surface area (Å²) in [7, 11) is 0. The van der Waals surface area contributed by atoms with E-state index in [1.54, 1.807) is 0 Å². The van der Waals surface area contributed by atoms with Crippen LogP contribution in [0.4, 0.5) is 0 Å². The topological polar surface area (TPSA) is 0 Å². The molecule has 1 aliphatic rings. The zero-order valence-electron chi connectivity index (χ0n) is 12.9. The Balaban J connectivity index is 1.77. The Labute approximate surface area is 128 Å². The van der Waals surface area contributed by atoms with Crippen molar-refractivity contribution in [2.75, 3.05) is 0 Å². The molecule has 0 heterocycles. The minimum absolute atomic E-state index is 0.683. The maximum atomic E-state index is 3.87. The first-order valence-electron chi connectivity index (χ1n) is 8.13. The second-order valence-electron chi connectivity index (χ2n) is 6.16. The molecule has 2 aromatic rings. The van der Waals surface area contributed by atoms with E-state index in [-0.39, 0.29) is 0 Å². The Kier molecular flexibility index (Phi) is 4.24. The van der Waals surface area contributed by atoms with Gasteiger partial charge in [0.1, 0.15) is 0 Å². The number of hydrogen-bond acceptors (Lipinski definition) is 0. The van der Waals surface area contributed by atoms with Crippen molar-refractivity contribution in [2.24, 2.45) is 0 Å². The van der Waals surface area contributed by atoms with E-state index in [1.165, 1.54) is 59.9 Å². The normalized spacial score (nSPS) is 17.3. The van der Waals surface area contributed by atoms with Crippen LogP contribution in [0.2, 0.25) is 0 Å². The predicted molar refractivity (Wildman–Crippen MR) is 91.7 cm³/mol. The van der Waals surface area contributed by atoms with Gasteiger partial charge in [-0.15, -0.1) is 0 Å². The molecule has 108 valence electrons. The average Bonchev–Trinajstić information content (AvgIpc) is 2.55. The SMILES string of the molecule is C=Cc1ccc2c(c1)CCC(c1ccc(CCC)cc1)C2. The third-order valence-electron chi connectivity index (χ3n) is 4.68. The Hall–Kier alpha value is -1.82. The number of benzene rings is 2. The molecule has 0 radical (unpaired) electrons. The zero-order valence-corrected chi connectivity index (χ0v) is 12.9. The summed E-state index contributed by atoms with van der Waals surface area (Å²) in [5, 5.41) is 0. The van der Waals surface area contributed by atoms with Gasteiger partial charge in [0.05, 0.1) is 0 Å². The van der Waals surface area contributed by atoms with Crippen molar-refractivity contribution in [2.45, 2.75) is 44.9 Å². The number of fused-ring (bicyclic) bond motifs is 1. The lowest BCUT2D eigenvalue weighted by Gasteiger charge is -2.25. The third kappa shape index (κ3) is 3.10. The van der Waals surface area contributed by atoms with Crippen LogP contribution in [0.5, 0.6) is 0 Å². The Morgan fingerprint density at radius 2 is 1.90 bits per heavy atom. The first kappa shape index (κ1) is 14.1. The highest BCUT2D eigenvalue weighted by molar-refractivity contribution is 5.51. The summed E-state index contributed by atoms with van der Waals surface area (Å²) in [6.45, 7) is 6.11. The van der Waals surface area contributed by atoms with Crippen LogP contribution < -0.4 is 0 Å². The fourth-order valence-electron chi connectivity index (χ4n) is 3.43. The van der Waals surface area contributed by atoms with Crippen LogP contribution in [0.3, 0.4) is 0 Å². The van der Waals surface area contributed by atoms with Crippen LogP contribution in [0.25, 0.3) is 6.08 Å². The summed E-state index contributed by atoms with van der Waals surface area (Å²) >= 11 is 0. The molecule has 1 aliphatic carbocycles. The Morgan fingerprint density at radius 1 is 1.10 bits per heavy atom. The molecule has 0 spiro atoms. The van der Waals surface area contributed by atoms with Crippen molar-refractivity contribution in [3.63, 3.8) is 0 Å². The van der Waals surface area contributed by atoms with E-state index < -0.39 is 0 Å². The molecular formula is C21H24. The van der Waals surface area contributed by atoms with Crippen LogP contribution >= 0.6 is 0 Å². The molecule has 0 nitrogen and oxygen atoms in total. The second-order valence-corrected chi connectivity index (χ2v) is 6.16. The van der Waals surface area contributed by atoms with E-state index in [9.17, 15) is 0 Å². The van der Waals surface area contributed by atoms with Crippen molar-refractivity contribution >= 4 is 6.08 Å². The smallest absolute Gasteiger partial charge is 0.0118 e. The molecule has 0 N–H and O–H groups in total. The lowest BCUT2D eigenvalue weighted by Crippen LogP contribution is -2.13. The summed E-state index contributed by atoms with van der Waals surface area (Å²) in [6.07, 6.45) is 8.00. The molecule has 0 aromatic heterocycles. The van der Waals surface area contributed by atoms with E-state index >= 15 is 0 Å². The van der Waals surface area contributed by atoms with Crippen LogP contribution in [0, 0.1) is 0 Å². The van der Waals surface area contributed by atoms with Crippen molar-refractivity contribution in [3.8, 4) is 0 Å². The van der Waals surface area contributed by atoms with E-state index in [4.69, 9.17) is 0 Å². The number of aryl methyl sites for hydroxylation is 2. The van der Waals surface area contributed by atoms with Gasteiger partial charge in [0.25, 0.3) is 0 Å². The van der Waals surface area contributed by atoms with E-state index in [0.29, 0.717) is 5.92 Å². The zero-order chi connectivity index (χ0) is 14.7. The predicted octanol–water partition coefficient (Wildman–Crippen LogP) is 5.55. The highest BCUT2D eigenvalue weighted by Crippen LogP contribution is 2.33. The van der Waals surface area contributed by atoms with Gasteiger partial charge in [-0.3, -0.25) is 0 Å². The molecule has 0 bridgehead atoms. The molecule has 0 fully saturated rings. The standard InChI is InChI=1S/C21H24/c1-3-5-17-7-9-18(10-8-17)20-13-12-19-14-16(4-2)6-11-21(19)15-20/h4,6-11,14,20H,2-3,5,12-13,15H2,1H3. The quantitative estimate of drug-likeness (QED) is 0.686. The summed E-state index contributed by atoms with van der Waals surface area (Å²) in [4.78, 5) is 0. The molecule has 21 heavy (non-hydrogen) atoms. The van der Waals surface area contributed by atoms with Gasteiger partial charge in [-0.1, -0.05) is 68.5 Å². The van der Waals surface area contributed by atoms with E-state index in [2.05, 4.69) is 56.0 Å². The lowest BCUT2D eigenvalue weighted by molar-refractivity contribution is 0.584. The average molecular weight is 276 g/mol. The van der Waals surface area contributed by atoms with Gasteiger partial charge in [0, 0.05) is 0 Å². The van der Waals surface area contributed by atoms with Crippen molar-refractivity contribution < 1.29 is 0 Å². The molecule has 1 atom stereocenters. The van der Waals surface area contributed by atoms with Crippen LogP contribution in [-0.2, 0) is 19.3 Å². The van der Waals surface area contributed by atoms with Gasteiger partial charge in [0.2, 0.25) is 0 Å². The van der Waals surface area contributed by atoms with Crippen LogP contribution in [-0.4, -0.2) is 0 Å². The van der Waals surface area contributed by atoms with Crippen LogP contribution in [0.1, 0.15) is 53.5 Å². The van der Waals surface area contributed by atoms with Crippen molar-refractivity contribution in [3.05, 3.63) is 76.9 Å². The first-order valence-corrected chi connectivity index (χ1v) is 8.13. The van der Waals surface area contributed by atoms with E-state index in [0.717, 1.165) is 0 Å². The van der Waals surface area contributed by atoms with Gasteiger partial charge < -0.3 is 0 Å². The van der Waals surface area contributed by atoms with Gasteiger partial charge in [-0.2, -0.15) is 0 Å². The largest absolute Gasteiger partial charge is 0.0985 e. The maximum Gasteiger partial charge on any atom is -0.0118 e. The Bertz CT molecular complexity index is 619. The molecule has 0 aliphatic heterocycles. The number of rotatable bonds is 4. The van der Waals surface area contributed by atoms with Crippen molar-refractivity contribution in [1.82, 2.24) is 0 Å². The van der Waals surface area contributed by atoms with Gasteiger partial charge >= 0.3 is 0 Å². The highest BCUT2D eigenvalue weighted by atomic mass is 14.2. The minimum Gasteiger partial charge on any atom is -0.0985 e. The Morgan fingerprint density at radius 3 is 2.62 bits per heavy atom. The van der Waals surface area contributed by atoms with Crippen LogP contribution in [0.15, 0.2) is 49.0 Å². The first-order chi connectivity index (χ1) is 10.3. The lowest BCUT2D eigenvalue weighted by atomic mass is 9.79. The molecule has 0 saturated heterocycles. The highest BCUT2D eigenvalue weighted by Gasteiger charge is 2.20.